The first kappa shape index (κ1) is 16.8. The first-order valence-corrected chi connectivity index (χ1v) is 7.94. The molecule has 7 nitrogen and oxygen atoms in total. The second kappa shape index (κ2) is 6.80. The largest absolute Gasteiger partial charge is 0.496 e. The summed E-state index contributed by atoms with van der Waals surface area (Å²) in [6.45, 7) is 6.54. The van der Waals surface area contributed by atoms with Gasteiger partial charge in [0, 0.05) is 19.3 Å². The molecule has 0 radical (unpaired) electrons. The number of rotatable bonds is 5. The predicted molar refractivity (Wildman–Crippen MR) is 93.7 cm³/mol. The molecule has 130 valence electrons. The lowest BCUT2D eigenvalue weighted by Crippen LogP contribution is -2.50. The molecular weight excluding hydrogens is 320 g/mol. The van der Waals surface area contributed by atoms with Crippen LogP contribution in [-0.4, -0.2) is 46.7 Å². The van der Waals surface area contributed by atoms with Gasteiger partial charge in [0.05, 0.1) is 30.6 Å². The third kappa shape index (κ3) is 3.26. The molecule has 0 aliphatic carbocycles. The lowest BCUT2D eigenvalue weighted by molar-refractivity contribution is -0.131. The lowest BCUT2D eigenvalue weighted by Gasteiger charge is -2.38. The second-order valence-corrected chi connectivity index (χ2v) is 5.92. The number of methoxy groups -OCH3 is 1. The summed E-state index contributed by atoms with van der Waals surface area (Å²) in [7, 11) is 1.55. The molecule has 1 aromatic carbocycles. The molecule has 1 aromatic heterocycles. The molecule has 0 spiro atoms. The number of benzene rings is 1. The standard InChI is InChI=1S/C18H20N4O3/c1-4-16(23)21-10-14(11-21)22-9-13(8-19-22)20-18(24)15-7-5-6-12(2)17(15)25-3/h4-9,14H,1,10-11H2,2-3H3,(H,20,24). The Hall–Kier alpha value is -3.09. The van der Waals surface area contributed by atoms with Crippen LogP contribution >= 0.6 is 0 Å². The van der Waals surface area contributed by atoms with Crippen LogP contribution < -0.4 is 10.1 Å². The fourth-order valence-electron chi connectivity index (χ4n) is 2.83. The van der Waals surface area contributed by atoms with E-state index in [1.165, 1.54) is 6.08 Å². The summed E-state index contributed by atoms with van der Waals surface area (Å²) >= 11 is 0. The third-order valence-corrected chi connectivity index (χ3v) is 4.24. The number of likely N-dealkylation sites (tertiary alicyclic amines) is 1. The number of para-hydroxylation sites is 1. The zero-order valence-corrected chi connectivity index (χ0v) is 14.2. The summed E-state index contributed by atoms with van der Waals surface area (Å²) in [5.74, 6) is 0.227. The SMILES string of the molecule is C=CC(=O)N1CC(n2cc(NC(=O)c3cccc(C)c3OC)cn2)C1. The molecule has 3 rings (SSSR count). The first-order valence-electron chi connectivity index (χ1n) is 7.94. The van der Waals surface area contributed by atoms with Crippen LogP contribution in [0.3, 0.4) is 0 Å². The van der Waals surface area contributed by atoms with Crippen molar-refractivity contribution in [3.05, 3.63) is 54.4 Å². The van der Waals surface area contributed by atoms with Crippen LogP contribution in [0.2, 0.25) is 0 Å². The van der Waals surface area contributed by atoms with Crippen molar-refractivity contribution in [1.29, 1.82) is 0 Å². The molecule has 0 saturated carbocycles. The van der Waals surface area contributed by atoms with Gasteiger partial charge in [-0.15, -0.1) is 0 Å². The van der Waals surface area contributed by atoms with Gasteiger partial charge in [0.15, 0.2) is 0 Å². The molecule has 1 N–H and O–H groups in total. The smallest absolute Gasteiger partial charge is 0.259 e. The van der Waals surface area contributed by atoms with Gasteiger partial charge in [-0.1, -0.05) is 18.7 Å². The molecule has 2 aromatic rings. The highest BCUT2D eigenvalue weighted by molar-refractivity contribution is 6.06. The van der Waals surface area contributed by atoms with Crippen LogP contribution in [0.4, 0.5) is 5.69 Å². The van der Waals surface area contributed by atoms with E-state index in [1.807, 2.05) is 19.1 Å². The van der Waals surface area contributed by atoms with E-state index in [2.05, 4.69) is 17.0 Å². The summed E-state index contributed by atoms with van der Waals surface area (Å²) in [5.41, 5.74) is 1.97. The minimum absolute atomic E-state index is 0.0801. The van der Waals surface area contributed by atoms with E-state index < -0.39 is 0 Å². The number of ether oxygens (including phenoxy) is 1. The van der Waals surface area contributed by atoms with Crippen molar-refractivity contribution in [2.45, 2.75) is 13.0 Å². The molecule has 1 aliphatic rings. The van der Waals surface area contributed by atoms with Crippen LogP contribution in [0.15, 0.2) is 43.2 Å². The summed E-state index contributed by atoms with van der Waals surface area (Å²) in [5, 5.41) is 7.10. The summed E-state index contributed by atoms with van der Waals surface area (Å²) in [6.07, 6.45) is 4.67. The number of aromatic nitrogens is 2. The maximum atomic E-state index is 12.5. The van der Waals surface area contributed by atoms with Gasteiger partial charge in [-0.3, -0.25) is 14.3 Å². The molecule has 2 amide bonds. The van der Waals surface area contributed by atoms with Crippen LogP contribution in [0.1, 0.15) is 22.0 Å². The molecule has 25 heavy (non-hydrogen) atoms. The highest BCUT2D eigenvalue weighted by Crippen LogP contribution is 2.25. The molecule has 7 heteroatoms. The van der Waals surface area contributed by atoms with Gasteiger partial charge in [0.1, 0.15) is 5.75 Å². The Bertz CT molecular complexity index is 821. The Morgan fingerprint density at radius 3 is 2.84 bits per heavy atom. The summed E-state index contributed by atoms with van der Waals surface area (Å²) in [6, 6.07) is 5.54. The van der Waals surface area contributed by atoms with Crippen LogP contribution in [-0.2, 0) is 4.79 Å². The number of nitrogens with one attached hydrogen (secondary N) is 1. The molecule has 0 unspecified atom stereocenters. The lowest BCUT2D eigenvalue weighted by atomic mass is 10.1. The Labute approximate surface area is 145 Å². The van der Waals surface area contributed by atoms with Gasteiger partial charge in [-0.25, -0.2) is 0 Å². The minimum Gasteiger partial charge on any atom is -0.496 e. The van der Waals surface area contributed by atoms with Gasteiger partial charge in [0.2, 0.25) is 5.91 Å². The van der Waals surface area contributed by atoms with E-state index in [-0.39, 0.29) is 17.9 Å². The van der Waals surface area contributed by atoms with E-state index in [9.17, 15) is 9.59 Å². The Morgan fingerprint density at radius 1 is 1.40 bits per heavy atom. The molecule has 1 aliphatic heterocycles. The Kier molecular flexibility index (Phi) is 4.56. The number of nitrogens with zero attached hydrogens (tertiary/aromatic N) is 3. The van der Waals surface area contributed by atoms with Crippen LogP contribution in [0.5, 0.6) is 5.75 Å². The zero-order valence-electron chi connectivity index (χ0n) is 14.2. The normalized spacial score (nSPS) is 13.9. The predicted octanol–water partition coefficient (Wildman–Crippen LogP) is 2.02. The highest BCUT2D eigenvalue weighted by atomic mass is 16.5. The third-order valence-electron chi connectivity index (χ3n) is 4.24. The molecular formula is C18H20N4O3. The number of hydrogen-bond acceptors (Lipinski definition) is 4. The Morgan fingerprint density at radius 2 is 2.16 bits per heavy atom. The second-order valence-electron chi connectivity index (χ2n) is 5.92. The van der Waals surface area contributed by atoms with Crippen LogP contribution in [0.25, 0.3) is 0 Å². The number of hydrogen-bond donors (Lipinski definition) is 1. The van der Waals surface area contributed by atoms with Gasteiger partial charge < -0.3 is 15.0 Å². The van der Waals surface area contributed by atoms with Crippen molar-refractivity contribution in [3.63, 3.8) is 0 Å². The van der Waals surface area contributed by atoms with Crippen molar-refractivity contribution in [3.8, 4) is 5.75 Å². The highest BCUT2D eigenvalue weighted by Gasteiger charge is 2.31. The van der Waals surface area contributed by atoms with Crippen molar-refractivity contribution in [2.75, 3.05) is 25.5 Å². The average molecular weight is 340 g/mol. The minimum atomic E-state index is -0.253. The molecule has 0 atom stereocenters. The summed E-state index contributed by atoms with van der Waals surface area (Å²) in [4.78, 5) is 25.7. The van der Waals surface area contributed by atoms with E-state index >= 15 is 0 Å². The topological polar surface area (TPSA) is 76.5 Å². The van der Waals surface area contributed by atoms with Gasteiger partial charge in [0.25, 0.3) is 5.91 Å². The zero-order chi connectivity index (χ0) is 18.0. The quantitative estimate of drug-likeness (QED) is 0.845. The number of carbonyl (C=O) groups excluding carboxylic acids is 2. The molecule has 0 bridgehead atoms. The van der Waals surface area contributed by atoms with Crippen molar-refractivity contribution < 1.29 is 14.3 Å². The van der Waals surface area contributed by atoms with Gasteiger partial charge in [-0.05, 0) is 24.6 Å². The first-order chi connectivity index (χ1) is 12.0. The Balaban J connectivity index is 1.66. The number of aryl methyl sites for hydroxylation is 1. The summed E-state index contributed by atoms with van der Waals surface area (Å²) < 4.78 is 7.08. The number of anilines is 1. The fourth-order valence-corrected chi connectivity index (χ4v) is 2.83. The maximum Gasteiger partial charge on any atom is 0.259 e. The number of amides is 2. The fraction of sp³-hybridized carbons (Fsp3) is 0.278. The van der Waals surface area contributed by atoms with E-state index in [4.69, 9.17) is 4.74 Å². The van der Waals surface area contributed by atoms with Gasteiger partial charge in [-0.2, -0.15) is 5.10 Å². The molecule has 2 heterocycles. The van der Waals surface area contributed by atoms with E-state index in [0.717, 1.165) is 5.56 Å². The van der Waals surface area contributed by atoms with E-state index in [1.54, 1.807) is 35.2 Å². The van der Waals surface area contributed by atoms with Crippen molar-refractivity contribution >= 4 is 17.5 Å². The van der Waals surface area contributed by atoms with Crippen LogP contribution in [0, 0.1) is 6.92 Å². The molecule has 1 fully saturated rings. The van der Waals surface area contributed by atoms with E-state index in [0.29, 0.717) is 30.1 Å². The maximum absolute atomic E-state index is 12.5. The van der Waals surface area contributed by atoms with Gasteiger partial charge >= 0.3 is 0 Å². The van der Waals surface area contributed by atoms with Crippen molar-refractivity contribution in [1.82, 2.24) is 14.7 Å². The van der Waals surface area contributed by atoms with Crippen molar-refractivity contribution in [2.24, 2.45) is 0 Å². The molecule has 1 saturated heterocycles. The average Bonchev–Trinajstić information content (AvgIpc) is 3.00. The number of carbonyl (C=O) groups is 2. The monoisotopic (exact) mass is 340 g/mol.